The van der Waals surface area contributed by atoms with Crippen LogP contribution >= 0.6 is 0 Å². The minimum atomic E-state index is 0.166. The lowest BCUT2D eigenvalue weighted by Gasteiger charge is -2.10. The number of carbonyl (C=O) groups is 1. The van der Waals surface area contributed by atoms with Crippen molar-refractivity contribution < 1.29 is 9.53 Å². The number of amides is 1. The number of hydrogen-bond acceptors (Lipinski definition) is 2. The van der Waals surface area contributed by atoms with Gasteiger partial charge in [-0.3, -0.25) is 4.79 Å². The molecule has 2 aromatic carbocycles. The lowest BCUT2D eigenvalue weighted by atomic mass is 9.97. The molecule has 3 nitrogen and oxygen atoms in total. The molecule has 0 radical (unpaired) electrons. The number of aryl methyl sites for hydroxylation is 2. The molecule has 0 fully saturated rings. The van der Waals surface area contributed by atoms with Crippen LogP contribution < -0.4 is 10.1 Å². The van der Waals surface area contributed by atoms with E-state index < -0.39 is 0 Å². The van der Waals surface area contributed by atoms with Gasteiger partial charge in [0.1, 0.15) is 11.9 Å². The predicted molar refractivity (Wildman–Crippen MR) is 115 cm³/mol. The Kier molecular flexibility index (Phi) is 7.95. The van der Waals surface area contributed by atoms with Gasteiger partial charge in [-0.25, -0.2) is 0 Å². The minimum absolute atomic E-state index is 0.166. The van der Waals surface area contributed by atoms with Crippen LogP contribution in [0.4, 0.5) is 0 Å². The number of fused-ring (bicyclic) bond motifs is 1. The predicted octanol–water partition coefficient (Wildman–Crippen LogP) is 5.25. The molecule has 3 rings (SSSR count). The first-order valence-corrected chi connectivity index (χ1v) is 10.8. The quantitative estimate of drug-likeness (QED) is 0.541. The van der Waals surface area contributed by atoms with Crippen molar-refractivity contribution in [3.8, 4) is 5.75 Å². The van der Waals surface area contributed by atoms with E-state index in [1.54, 1.807) is 0 Å². The van der Waals surface area contributed by atoms with E-state index in [4.69, 9.17) is 4.74 Å². The SMILES string of the molecule is CCCC(=O)NCCCc1cccc2c1C[C@@H](CCCCc1ccccc1)O2. The lowest BCUT2D eigenvalue weighted by molar-refractivity contribution is -0.121. The van der Waals surface area contributed by atoms with Crippen LogP contribution in [-0.2, 0) is 24.1 Å². The van der Waals surface area contributed by atoms with Gasteiger partial charge in [0.25, 0.3) is 0 Å². The van der Waals surface area contributed by atoms with Crippen LogP contribution in [0.3, 0.4) is 0 Å². The zero-order valence-electron chi connectivity index (χ0n) is 17.1. The highest BCUT2D eigenvalue weighted by molar-refractivity contribution is 5.75. The maximum atomic E-state index is 11.6. The van der Waals surface area contributed by atoms with E-state index in [-0.39, 0.29) is 5.91 Å². The summed E-state index contributed by atoms with van der Waals surface area (Å²) in [6, 6.07) is 17.1. The molecule has 28 heavy (non-hydrogen) atoms. The number of carbonyl (C=O) groups excluding carboxylic acids is 1. The van der Waals surface area contributed by atoms with E-state index in [0.29, 0.717) is 12.5 Å². The van der Waals surface area contributed by atoms with Gasteiger partial charge in [-0.2, -0.15) is 0 Å². The molecule has 1 heterocycles. The van der Waals surface area contributed by atoms with Crippen LogP contribution in [0.2, 0.25) is 0 Å². The molecule has 0 aromatic heterocycles. The third kappa shape index (κ3) is 6.12. The van der Waals surface area contributed by atoms with Crippen molar-refractivity contribution in [1.29, 1.82) is 0 Å². The Morgan fingerprint density at radius 3 is 2.71 bits per heavy atom. The van der Waals surface area contributed by atoms with E-state index in [2.05, 4.69) is 53.8 Å². The fraction of sp³-hybridized carbons (Fsp3) is 0.480. The third-order valence-electron chi connectivity index (χ3n) is 5.46. The van der Waals surface area contributed by atoms with Crippen molar-refractivity contribution in [2.75, 3.05) is 6.54 Å². The average Bonchev–Trinajstić information content (AvgIpc) is 3.13. The Morgan fingerprint density at radius 1 is 1.04 bits per heavy atom. The summed E-state index contributed by atoms with van der Waals surface area (Å²) in [6.45, 7) is 2.79. The number of unbranched alkanes of at least 4 members (excludes halogenated alkanes) is 1. The molecule has 0 bridgehead atoms. The number of rotatable bonds is 11. The molecule has 1 aliphatic heterocycles. The fourth-order valence-corrected chi connectivity index (χ4v) is 3.97. The standard InChI is InChI=1S/C25H33NO2/c1-2-10-25(27)26-18-9-15-21-14-8-17-24-23(21)19-22(28-24)16-7-6-13-20-11-4-3-5-12-20/h3-5,8,11-12,14,17,22H,2,6-7,9-10,13,15-16,18-19H2,1H3,(H,26,27)/t22-/m1/s1. The van der Waals surface area contributed by atoms with Gasteiger partial charge in [-0.15, -0.1) is 0 Å². The van der Waals surface area contributed by atoms with Crippen molar-refractivity contribution in [2.24, 2.45) is 0 Å². The largest absolute Gasteiger partial charge is 0.490 e. The summed E-state index contributed by atoms with van der Waals surface area (Å²) >= 11 is 0. The van der Waals surface area contributed by atoms with Crippen LogP contribution in [-0.4, -0.2) is 18.6 Å². The van der Waals surface area contributed by atoms with Gasteiger partial charge in [0.05, 0.1) is 0 Å². The van der Waals surface area contributed by atoms with Crippen LogP contribution in [0.5, 0.6) is 5.75 Å². The zero-order chi connectivity index (χ0) is 19.6. The highest BCUT2D eigenvalue weighted by atomic mass is 16.5. The summed E-state index contributed by atoms with van der Waals surface area (Å²) in [5.74, 6) is 1.24. The van der Waals surface area contributed by atoms with Crippen LogP contribution in [0.25, 0.3) is 0 Å². The lowest BCUT2D eigenvalue weighted by Crippen LogP contribution is -2.24. The molecular formula is C25H33NO2. The van der Waals surface area contributed by atoms with Gasteiger partial charge in [-0.1, -0.05) is 49.4 Å². The number of hydrogen-bond donors (Lipinski definition) is 1. The smallest absolute Gasteiger partial charge is 0.219 e. The molecule has 150 valence electrons. The minimum Gasteiger partial charge on any atom is -0.490 e. The second-order valence-corrected chi connectivity index (χ2v) is 7.77. The van der Waals surface area contributed by atoms with Crippen molar-refractivity contribution in [3.05, 3.63) is 65.2 Å². The highest BCUT2D eigenvalue weighted by Crippen LogP contribution is 2.33. The van der Waals surface area contributed by atoms with E-state index in [0.717, 1.165) is 50.8 Å². The molecule has 1 atom stereocenters. The number of nitrogens with one attached hydrogen (secondary N) is 1. The van der Waals surface area contributed by atoms with Crippen LogP contribution in [0.15, 0.2) is 48.5 Å². The van der Waals surface area contributed by atoms with Gasteiger partial charge < -0.3 is 10.1 Å². The summed E-state index contributed by atoms with van der Waals surface area (Å²) in [4.78, 5) is 11.6. The molecule has 1 amide bonds. The molecule has 0 saturated carbocycles. The fourth-order valence-electron chi connectivity index (χ4n) is 3.97. The number of ether oxygens (including phenoxy) is 1. The molecule has 0 spiro atoms. The van der Waals surface area contributed by atoms with Gasteiger partial charge in [-0.05, 0) is 62.1 Å². The van der Waals surface area contributed by atoms with Gasteiger partial charge in [0.15, 0.2) is 0 Å². The first-order valence-electron chi connectivity index (χ1n) is 10.8. The van der Waals surface area contributed by atoms with Crippen LogP contribution in [0, 0.1) is 0 Å². The first kappa shape index (κ1) is 20.4. The normalized spacial score (nSPS) is 15.1. The summed E-state index contributed by atoms with van der Waals surface area (Å²) < 4.78 is 6.21. The number of benzene rings is 2. The second kappa shape index (κ2) is 10.9. The summed E-state index contributed by atoms with van der Waals surface area (Å²) in [5, 5.41) is 3.01. The zero-order valence-corrected chi connectivity index (χ0v) is 17.1. The Balaban J connectivity index is 1.40. The summed E-state index contributed by atoms with van der Waals surface area (Å²) in [7, 11) is 0. The molecule has 0 saturated heterocycles. The van der Waals surface area contributed by atoms with Gasteiger partial charge in [0.2, 0.25) is 5.91 Å². The Bertz CT molecular complexity index is 741. The first-order chi connectivity index (χ1) is 13.8. The van der Waals surface area contributed by atoms with Gasteiger partial charge in [0, 0.05) is 24.9 Å². The topological polar surface area (TPSA) is 38.3 Å². The Labute approximate surface area is 169 Å². The average molecular weight is 380 g/mol. The van der Waals surface area contributed by atoms with E-state index in [1.165, 1.54) is 29.5 Å². The monoisotopic (exact) mass is 379 g/mol. The van der Waals surface area contributed by atoms with E-state index in [9.17, 15) is 4.79 Å². The maximum absolute atomic E-state index is 11.6. The molecule has 1 aliphatic rings. The van der Waals surface area contributed by atoms with Crippen molar-refractivity contribution in [1.82, 2.24) is 5.32 Å². The summed E-state index contributed by atoms with van der Waals surface area (Å²) in [6.07, 6.45) is 9.53. The van der Waals surface area contributed by atoms with E-state index in [1.807, 2.05) is 6.92 Å². The highest BCUT2D eigenvalue weighted by Gasteiger charge is 2.24. The molecule has 1 N–H and O–H groups in total. The maximum Gasteiger partial charge on any atom is 0.219 e. The summed E-state index contributed by atoms with van der Waals surface area (Å²) in [5.41, 5.74) is 4.19. The molecule has 2 aromatic rings. The van der Waals surface area contributed by atoms with Gasteiger partial charge >= 0.3 is 0 Å². The van der Waals surface area contributed by atoms with Crippen molar-refractivity contribution in [3.63, 3.8) is 0 Å². The molecule has 0 unspecified atom stereocenters. The molecule has 3 heteroatoms. The third-order valence-corrected chi connectivity index (χ3v) is 5.46. The van der Waals surface area contributed by atoms with Crippen molar-refractivity contribution in [2.45, 2.75) is 70.8 Å². The Hall–Kier alpha value is -2.29. The van der Waals surface area contributed by atoms with E-state index >= 15 is 0 Å². The molecule has 0 aliphatic carbocycles. The van der Waals surface area contributed by atoms with Crippen LogP contribution in [0.1, 0.15) is 62.1 Å². The second-order valence-electron chi connectivity index (χ2n) is 7.77. The Morgan fingerprint density at radius 2 is 1.89 bits per heavy atom. The molecular weight excluding hydrogens is 346 g/mol. The van der Waals surface area contributed by atoms with Crippen molar-refractivity contribution >= 4 is 5.91 Å².